The second-order valence-electron chi connectivity index (χ2n) is 7.71. The molecule has 1 fully saturated rings. The van der Waals surface area contributed by atoms with Crippen LogP contribution in [0.1, 0.15) is 47.5 Å². The molecular formula is C16H26F3N3O3. The van der Waals surface area contributed by atoms with Gasteiger partial charge >= 0.3 is 12.3 Å². The molecule has 0 radical (unpaired) electrons. The Morgan fingerprint density at radius 2 is 1.76 bits per heavy atom. The molecule has 0 unspecified atom stereocenters. The number of nitriles is 1. The van der Waals surface area contributed by atoms with Gasteiger partial charge in [0.25, 0.3) is 0 Å². The van der Waals surface area contributed by atoms with Gasteiger partial charge in [0.15, 0.2) is 5.60 Å². The van der Waals surface area contributed by atoms with Gasteiger partial charge in [-0.3, -0.25) is 9.74 Å². The van der Waals surface area contributed by atoms with E-state index in [4.69, 9.17) is 14.8 Å². The van der Waals surface area contributed by atoms with Crippen molar-refractivity contribution >= 4 is 5.97 Å². The fourth-order valence-electron chi connectivity index (χ4n) is 2.49. The number of likely N-dealkylation sites (tertiary alicyclic amines) is 1. The van der Waals surface area contributed by atoms with Crippen molar-refractivity contribution in [2.45, 2.75) is 77.0 Å². The van der Waals surface area contributed by atoms with Crippen LogP contribution in [0.4, 0.5) is 13.2 Å². The third kappa shape index (κ3) is 6.13. The Kier molecular flexibility index (Phi) is 6.48. The first kappa shape index (κ1) is 21.7. The fraction of sp³-hybridized carbons (Fsp3) is 0.875. The van der Waals surface area contributed by atoms with E-state index in [9.17, 15) is 18.0 Å². The number of alkyl halides is 3. The van der Waals surface area contributed by atoms with E-state index in [1.54, 1.807) is 32.7 Å². The molecule has 1 rings (SSSR count). The molecule has 1 heterocycles. The number of hydrogen-bond acceptors (Lipinski definition) is 6. The van der Waals surface area contributed by atoms with Gasteiger partial charge in [0.05, 0.1) is 18.2 Å². The van der Waals surface area contributed by atoms with Crippen LogP contribution in [0, 0.1) is 11.3 Å². The van der Waals surface area contributed by atoms with Crippen molar-refractivity contribution in [3.8, 4) is 6.07 Å². The Balaban J connectivity index is 2.94. The molecule has 0 aliphatic carbocycles. The quantitative estimate of drug-likeness (QED) is 0.434. The molecule has 0 N–H and O–H groups in total. The van der Waals surface area contributed by atoms with Crippen LogP contribution in [0.25, 0.3) is 0 Å². The highest BCUT2D eigenvalue weighted by Gasteiger charge is 2.50. The predicted octanol–water partition coefficient (Wildman–Crippen LogP) is 2.85. The lowest BCUT2D eigenvalue weighted by molar-refractivity contribution is -0.412. The highest BCUT2D eigenvalue weighted by atomic mass is 19.4. The number of hydroxylamine groups is 2. The molecule has 6 nitrogen and oxygen atoms in total. The zero-order chi connectivity index (χ0) is 19.6. The maximum Gasteiger partial charge on any atom is 0.483 e. The van der Waals surface area contributed by atoms with Gasteiger partial charge in [0.1, 0.15) is 5.60 Å². The summed E-state index contributed by atoms with van der Waals surface area (Å²) in [5, 5.41) is 8.91. The predicted molar refractivity (Wildman–Crippen MR) is 84.0 cm³/mol. The summed E-state index contributed by atoms with van der Waals surface area (Å²) >= 11 is 0. The lowest BCUT2D eigenvalue weighted by Gasteiger charge is -2.42. The Morgan fingerprint density at radius 3 is 2.16 bits per heavy atom. The molecule has 0 saturated carbocycles. The van der Waals surface area contributed by atoms with Gasteiger partial charge in [-0.1, -0.05) is 5.06 Å². The van der Waals surface area contributed by atoms with Crippen LogP contribution in [-0.2, 0) is 14.4 Å². The number of rotatable bonds is 4. The van der Waals surface area contributed by atoms with Crippen molar-refractivity contribution in [1.29, 1.82) is 5.26 Å². The van der Waals surface area contributed by atoms with Crippen LogP contribution in [0.15, 0.2) is 0 Å². The van der Waals surface area contributed by atoms with Gasteiger partial charge in [-0.2, -0.15) is 18.4 Å². The maximum atomic E-state index is 13.5. The van der Waals surface area contributed by atoms with E-state index in [-0.39, 0.29) is 18.0 Å². The van der Waals surface area contributed by atoms with E-state index in [0.717, 1.165) is 0 Å². The van der Waals surface area contributed by atoms with Crippen molar-refractivity contribution in [1.82, 2.24) is 9.96 Å². The minimum atomic E-state index is -4.79. The van der Waals surface area contributed by atoms with E-state index in [2.05, 4.69) is 6.07 Å². The highest BCUT2D eigenvalue weighted by molar-refractivity contribution is 5.78. The van der Waals surface area contributed by atoms with Gasteiger partial charge in [0, 0.05) is 6.54 Å². The molecule has 25 heavy (non-hydrogen) atoms. The summed E-state index contributed by atoms with van der Waals surface area (Å²) in [6.45, 7) is 7.36. The molecule has 0 bridgehead atoms. The number of nitrogens with zero attached hydrogens (tertiary/aromatic N) is 3. The molecule has 0 aromatic rings. The Morgan fingerprint density at radius 1 is 1.20 bits per heavy atom. The molecule has 2 atom stereocenters. The van der Waals surface area contributed by atoms with Crippen LogP contribution in [0.3, 0.4) is 0 Å². The topological polar surface area (TPSA) is 65.8 Å². The monoisotopic (exact) mass is 365 g/mol. The van der Waals surface area contributed by atoms with Crippen LogP contribution in [0.5, 0.6) is 0 Å². The first-order chi connectivity index (χ1) is 11.2. The Bertz CT molecular complexity index is 523. The molecule has 0 aromatic heterocycles. The second kappa shape index (κ2) is 7.48. The second-order valence-corrected chi connectivity index (χ2v) is 7.71. The largest absolute Gasteiger partial charge is 0.483 e. The van der Waals surface area contributed by atoms with Crippen LogP contribution >= 0.6 is 0 Å². The number of carbonyl (C=O) groups is 1. The number of piperidine rings is 1. The molecule has 9 heteroatoms. The van der Waals surface area contributed by atoms with Crippen molar-refractivity contribution < 1.29 is 27.5 Å². The van der Waals surface area contributed by atoms with Crippen molar-refractivity contribution in [3.63, 3.8) is 0 Å². The van der Waals surface area contributed by atoms with Crippen molar-refractivity contribution in [2.24, 2.45) is 0 Å². The summed E-state index contributed by atoms with van der Waals surface area (Å²) in [4.78, 5) is 18.8. The minimum absolute atomic E-state index is 0.00212. The summed E-state index contributed by atoms with van der Waals surface area (Å²) in [7, 11) is 1.59. The molecule has 0 aromatic carbocycles. The minimum Gasteiger partial charge on any atom is -0.458 e. The maximum absolute atomic E-state index is 13.5. The third-order valence-electron chi connectivity index (χ3n) is 3.75. The molecule has 144 valence electrons. The molecule has 1 aliphatic rings. The SMILES string of the molecule is CN1C[C@H](N(OC(C)(C)C(=O)OC(C)(C)C)C(F)(F)F)CC[C@H]1C#N. The lowest BCUT2D eigenvalue weighted by atomic mass is 9.99. The zero-order valence-corrected chi connectivity index (χ0v) is 15.5. The molecule has 0 spiro atoms. The van der Waals surface area contributed by atoms with E-state index >= 15 is 0 Å². The summed E-state index contributed by atoms with van der Waals surface area (Å²) in [6, 6.07) is 0.612. The van der Waals surface area contributed by atoms with Gasteiger partial charge in [-0.15, -0.1) is 0 Å². The molecule has 1 saturated heterocycles. The zero-order valence-electron chi connectivity index (χ0n) is 15.5. The van der Waals surface area contributed by atoms with Crippen molar-refractivity contribution in [3.05, 3.63) is 0 Å². The lowest BCUT2D eigenvalue weighted by Crippen LogP contribution is -2.58. The smallest absolute Gasteiger partial charge is 0.458 e. The van der Waals surface area contributed by atoms with Crippen LogP contribution in [0.2, 0.25) is 0 Å². The van der Waals surface area contributed by atoms with E-state index in [0.29, 0.717) is 6.42 Å². The third-order valence-corrected chi connectivity index (χ3v) is 3.75. The van der Waals surface area contributed by atoms with E-state index in [1.807, 2.05) is 0 Å². The normalized spacial score (nSPS) is 23.4. The Labute approximate surface area is 146 Å². The number of ether oxygens (including phenoxy) is 1. The summed E-state index contributed by atoms with van der Waals surface area (Å²) in [6.07, 6.45) is -4.36. The first-order valence-electron chi connectivity index (χ1n) is 8.06. The number of hydrogen-bond donors (Lipinski definition) is 0. The molecular weight excluding hydrogens is 339 g/mol. The van der Waals surface area contributed by atoms with Gasteiger partial charge in [-0.05, 0) is 54.5 Å². The van der Waals surface area contributed by atoms with Crippen LogP contribution in [-0.4, -0.2) is 59.1 Å². The summed E-state index contributed by atoms with van der Waals surface area (Å²) in [5.41, 5.74) is -2.65. The number of carbonyl (C=O) groups excluding carboxylic acids is 1. The summed E-state index contributed by atoms with van der Waals surface area (Å²) in [5.74, 6) is -0.881. The average Bonchev–Trinajstić information content (AvgIpc) is 2.41. The molecule has 0 amide bonds. The number of esters is 1. The van der Waals surface area contributed by atoms with Gasteiger partial charge < -0.3 is 4.74 Å². The number of likely N-dealkylation sites (N-methyl/N-ethyl adjacent to an activating group) is 1. The summed E-state index contributed by atoms with van der Waals surface area (Å²) < 4.78 is 45.7. The average molecular weight is 365 g/mol. The standard InChI is InChI=1S/C16H26F3N3O3/c1-14(2,3)24-13(23)15(4,5)25-22(16(17,18)19)12-8-7-11(9-20)21(6)10-12/h11-12H,7-8,10H2,1-6H3/t11-,12+/m0/s1. The Hall–Kier alpha value is -1.37. The van der Waals surface area contributed by atoms with E-state index < -0.39 is 35.6 Å². The van der Waals surface area contributed by atoms with Gasteiger partial charge in [0.2, 0.25) is 0 Å². The van der Waals surface area contributed by atoms with E-state index in [1.165, 1.54) is 13.8 Å². The fourth-order valence-corrected chi connectivity index (χ4v) is 2.49. The van der Waals surface area contributed by atoms with Crippen molar-refractivity contribution in [2.75, 3.05) is 13.6 Å². The van der Waals surface area contributed by atoms with Crippen LogP contribution < -0.4 is 0 Å². The van der Waals surface area contributed by atoms with Gasteiger partial charge in [-0.25, -0.2) is 4.79 Å². The number of halogens is 3. The highest BCUT2D eigenvalue weighted by Crippen LogP contribution is 2.33. The molecule has 1 aliphatic heterocycles. The first-order valence-corrected chi connectivity index (χ1v) is 8.06.